The molecule has 134 valence electrons. The third kappa shape index (κ3) is 2.03. The van der Waals surface area contributed by atoms with E-state index in [0.29, 0.717) is 28.5 Å². The summed E-state index contributed by atoms with van der Waals surface area (Å²) in [7, 11) is 1.63. The van der Waals surface area contributed by atoms with Gasteiger partial charge in [0.1, 0.15) is 0 Å². The molecule has 8 heteroatoms. The molecule has 26 heavy (non-hydrogen) atoms. The molecule has 0 saturated heterocycles. The highest BCUT2D eigenvalue weighted by Gasteiger charge is 2.22. The summed E-state index contributed by atoms with van der Waals surface area (Å²) in [5.41, 5.74) is 2.78. The maximum atomic E-state index is 12.9. The minimum atomic E-state index is -0.366. The maximum absolute atomic E-state index is 12.9. The summed E-state index contributed by atoms with van der Waals surface area (Å²) in [5, 5.41) is 0.614. The number of benzene rings is 1. The van der Waals surface area contributed by atoms with E-state index in [2.05, 4.69) is 4.98 Å². The summed E-state index contributed by atoms with van der Waals surface area (Å²) < 4.78 is 6.41. The molecule has 7 nitrogen and oxygen atoms in total. The molecule has 0 N–H and O–H groups in total. The van der Waals surface area contributed by atoms with E-state index in [-0.39, 0.29) is 11.2 Å². The summed E-state index contributed by atoms with van der Waals surface area (Å²) in [6.45, 7) is 5.99. The first-order chi connectivity index (χ1) is 12.4. The Morgan fingerprint density at radius 3 is 2.54 bits per heavy atom. The number of aryl methyl sites for hydroxylation is 2. The highest BCUT2D eigenvalue weighted by Crippen LogP contribution is 2.25. The van der Waals surface area contributed by atoms with Crippen LogP contribution in [0.5, 0.6) is 0 Å². The van der Waals surface area contributed by atoms with Crippen molar-refractivity contribution in [3.05, 3.63) is 61.5 Å². The number of rotatable bonds is 2. The Kier molecular flexibility index (Phi) is 3.59. The van der Waals surface area contributed by atoms with Crippen molar-refractivity contribution in [2.24, 2.45) is 7.05 Å². The van der Waals surface area contributed by atoms with Crippen molar-refractivity contribution in [2.75, 3.05) is 0 Å². The molecule has 0 spiro atoms. The lowest BCUT2D eigenvalue weighted by atomic mass is 10.3. The Morgan fingerprint density at radius 2 is 1.88 bits per heavy atom. The van der Waals surface area contributed by atoms with Crippen LogP contribution in [-0.2, 0) is 13.6 Å². The highest BCUT2D eigenvalue weighted by atomic mass is 35.5. The van der Waals surface area contributed by atoms with Gasteiger partial charge in [0.2, 0.25) is 5.78 Å². The zero-order valence-corrected chi connectivity index (χ0v) is 15.7. The van der Waals surface area contributed by atoms with Crippen LogP contribution < -0.4 is 11.2 Å². The minimum absolute atomic E-state index is 0.307. The van der Waals surface area contributed by atoms with Gasteiger partial charge in [-0.1, -0.05) is 17.7 Å². The van der Waals surface area contributed by atoms with Gasteiger partial charge in [-0.15, -0.1) is 0 Å². The lowest BCUT2D eigenvalue weighted by molar-refractivity contribution is 0.636. The molecule has 3 heterocycles. The summed E-state index contributed by atoms with van der Waals surface area (Å²) in [6.07, 6.45) is 0. The van der Waals surface area contributed by atoms with Crippen LogP contribution in [0.15, 0.2) is 33.9 Å². The molecule has 1 aromatic carbocycles. The Balaban J connectivity index is 2.25. The molecule has 4 aromatic rings. The van der Waals surface area contributed by atoms with E-state index in [9.17, 15) is 9.59 Å². The van der Waals surface area contributed by atoms with Crippen LogP contribution in [0.3, 0.4) is 0 Å². The lowest BCUT2D eigenvalue weighted by Gasteiger charge is -2.07. The second kappa shape index (κ2) is 5.60. The smallest absolute Gasteiger partial charge is 0.283 e. The topological polar surface area (TPSA) is 66.2 Å². The van der Waals surface area contributed by atoms with Crippen molar-refractivity contribution in [1.82, 2.24) is 23.1 Å². The average Bonchev–Trinajstić information content (AvgIpc) is 3.10. The SMILES string of the molecule is CCn1c(=O)c2c(nc3n(-c4cccc(Cl)c4)c(C)c(C)n23)n(C)c1=O. The van der Waals surface area contributed by atoms with E-state index < -0.39 is 0 Å². The van der Waals surface area contributed by atoms with Crippen LogP contribution in [0.2, 0.25) is 5.02 Å². The van der Waals surface area contributed by atoms with Crippen molar-refractivity contribution in [3.8, 4) is 5.69 Å². The van der Waals surface area contributed by atoms with Crippen molar-refractivity contribution in [1.29, 1.82) is 0 Å². The van der Waals surface area contributed by atoms with Crippen molar-refractivity contribution < 1.29 is 0 Å². The molecular weight excluding hydrogens is 354 g/mol. The highest BCUT2D eigenvalue weighted by molar-refractivity contribution is 6.30. The summed E-state index contributed by atoms with van der Waals surface area (Å²) in [6, 6.07) is 7.45. The zero-order valence-electron chi connectivity index (χ0n) is 14.9. The van der Waals surface area contributed by atoms with Crippen LogP contribution in [-0.4, -0.2) is 23.1 Å². The van der Waals surface area contributed by atoms with Gasteiger partial charge in [-0.25, -0.2) is 4.79 Å². The van der Waals surface area contributed by atoms with Crippen molar-refractivity contribution >= 4 is 28.5 Å². The standard InChI is InChI=1S/C18H18ClN5O2/c1-5-22-16(25)14-15(21(4)18(22)26)20-17-23(10(2)11(3)24(14)17)13-8-6-7-12(19)9-13/h6-9H,5H2,1-4H3. The normalized spacial score (nSPS) is 11.7. The first-order valence-corrected chi connectivity index (χ1v) is 8.70. The third-order valence-electron chi connectivity index (χ3n) is 4.90. The monoisotopic (exact) mass is 371 g/mol. The molecule has 0 aliphatic heterocycles. The van der Waals surface area contributed by atoms with Gasteiger partial charge >= 0.3 is 5.69 Å². The second-order valence-corrected chi connectivity index (χ2v) is 6.73. The van der Waals surface area contributed by atoms with Gasteiger partial charge in [-0.2, -0.15) is 4.98 Å². The second-order valence-electron chi connectivity index (χ2n) is 6.30. The Labute approximate surface area is 153 Å². The summed E-state index contributed by atoms with van der Waals surface area (Å²) >= 11 is 6.16. The first-order valence-electron chi connectivity index (χ1n) is 8.32. The molecule has 0 radical (unpaired) electrons. The van der Waals surface area contributed by atoms with Gasteiger partial charge < -0.3 is 0 Å². The van der Waals surface area contributed by atoms with Crippen LogP contribution in [0.4, 0.5) is 0 Å². The van der Waals surface area contributed by atoms with Crippen LogP contribution in [0.25, 0.3) is 22.6 Å². The fourth-order valence-corrected chi connectivity index (χ4v) is 3.64. The van der Waals surface area contributed by atoms with Gasteiger partial charge in [0.25, 0.3) is 5.56 Å². The van der Waals surface area contributed by atoms with Crippen LogP contribution >= 0.6 is 11.6 Å². The minimum Gasteiger partial charge on any atom is -0.283 e. The fraction of sp³-hybridized carbons (Fsp3) is 0.278. The quantitative estimate of drug-likeness (QED) is 0.543. The summed E-state index contributed by atoms with van der Waals surface area (Å²) in [4.78, 5) is 30.0. The molecule has 3 aromatic heterocycles. The molecule has 0 aliphatic rings. The van der Waals surface area contributed by atoms with E-state index in [1.165, 1.54) is 9.13 Å². The lowest BCUT2D eigenvalue weighted by Crippen LogP contribution is -2.38. The Hall–Kier alpha value is -2.80. The molecule has 0 bridgehead atoms. The van der Waals surface area contributed by atoms with Crippen molar-refractivity contribution in [3.63, 3.8) is 0 Å². The Bertz CT molecular complexity index is 1310. The van der Waals surface area contributed by atoms with E-state index in [1.54, 1.807) is 20.0 Å². The number of imidazole rings is 2. The number of aromatic nitrogens is 5. The molecule has 0 amide bonds. The Morgan fingerprint density at radius 1 is 1.15 bits per heavy atom. The van der Waals surface area contributed by atoms with Crippen LogP contribution in [0, 0.1) is 13.8 Å². The zero-order chi connectivity index (χ0) is 18.7. The molecule has 0 saturated carbocycles. The van der Waals surface area contributed by atoms with E-state index in [1.807, 2.05) is 41.0 Å². The third-order valence-corrected chi connectivity index (χ3v) is 5.14. The van der Waals surface area contributed by atoms with E-state index in [4.69, 9.17) is 11.6 Å². The molecular formula is C18H18ClN5O2. The molecule has 0 atom stereocenters. The predicted molar refractivity (Wildman–Crippen MR) is 102 cm³/mol. The largest absolute Gasteiger partial charge is 0.332 e. The number of halogens is 1. The fourth-order valence-electron chi connectivity index (χ4n) is 3.45. The summed E-state index contributed by atoms with van der Waals surface area (Å²) in [5.74, 6) is 0.582. The molecule has 0 fully saturated rings. The predicted octanol–water partition coefficient (Wildman–Crippen LogP) is 2.43. The van der Waals surface area contributed by atoms with Gasteiger partial charge in [0, 0.05) is 30.0 Å². The maximum Gasteiger partial charge on any atom is 0.332 e. The average molecular weight is 372 g/mol. The molecule has 0 aliphatic carbocycles. The van der Waals surface area contributed by atoms with E-state index >= 15 is 0 Å². The van der Waals surface area contributed by atoms with Gasteiger partial charge in [-0.05, 0) is 39.0 Å². The number of hydrogen-bond acceptors (Lipinski definition) is 3. The molecule has 4 rings (SSSR count). The van der Waals surface area contributed by atoms with Gasteiger partial charge in [0.05, 0.1) is 5.69 Å². The van der Waals surface area contributed by atoms with Gasteiger partial charge in [-0.3, -0.25) is 22.9 Å². The molecule has 0 unspecified atom stereocenters. The number of fused-ring (bicyclic) bond motifs is 3. The number of nitrogens with zero attached hydrogens (tertiary/aromatic N) is 5. The van der Waals surface area contributed by atoms with Crippen molar-refractivity contribution in [2.45, 2.75) is 27.3 Å². The first kappa shape index (κ1) is 16.7. The van der Waals surface area contributed by atoms with Crippen LogP contribution in [0.1, 0.15) is 18.3 Å². The number of hydrogen-bond donors (Lipinski definition) is 0. The van der Waals surface area contributed by atoms with Gasteiger partial charge in [0.15, 0.2) is 11.2 Å². The van der Waals surface area contributed by atoms with E-state index in [0.717, 1.165) is 17.1 Å².